The van der Waals surface area contributed by atoms with E-state index in [1.54, 1.807) is 0 Å². The maximum absolute atomic E-state index is 12.7. The van der Waals surface area contributed by atoms with Crippen LogP contribution >= 0.6 is 0 Å². The summed E-state index contributed by atoms with van der Waals surface area (Å²) in [7, 11) is -4.54. The van der Waals surface area contributed by atoms with Crippen LogP contribution in [0.3, 0.4) is 0 Å². The molecule has 0 aliphatic rings. The van der Waals surface area contributed by atoms with Gasteiger partial charge in [-0.05, 0) is 31.0 Å². The van der Waals surface area contributed by atoms with E-state index in [1.807, 2.05) is 0 Å². The predicted molar refractivity (Wildman–Crippen MR) is 214 cm³/mol. The first-order valence-corrected chi connectivity index (χ1v) is 22.4. The molecule has 7 nitrogen and oxygen atoms in total. The van der Waals surface area contributed by atoms with Gasteiger partial charge >= 0.3 is 29.6 Å². The van der Waals surface area contributed by atoms with Crippen molar-refractivity contribution in [3.63, 3.8) is 0 Å². The van der Waals surface area contributed by atoms with Crippen LogP contribution in [0.5, 0.6) is 0 Å². The standard InChI is InChI=1S/C42H76N2O5S.Na.H/c1-3-5-7-9-11-13-15-17-19-21-23-25-27-29-31-33-41(45)43-38-35-36-40(50(47,48)49)39(37-38)44-42(46)34-32-30-28-26-24-22-20-18-16-14-12-10-8-6-4-2;;/h35-37H,3-34H2,1-2H3,(H,43,45)(H,44,46)(H,47,48,49);;/q;+1;-1. The second kappa shape index (κ2) is 34.8. The molecule has 0 aliphatic heterocycles. The summed E-state index contributed by atoms with van der Waals surface area (Å²) in [4.78, 5) is 24.8. The molecule has 0 bridgehead atoms. The third kappa shape index (κ3) is 30.1. The Bertz CT molecular complexity index is 1110. The van der Waals surface area contributed by atoms with Crippen molar-refractivity contribution in [3.8, 4) is 0 Å². The van der Waals surface area contributed by atoms with E-state index in [0.29, 0.717) is 12.1 Å². The summed E-state index contributed by atoms with van der Waals surface area (Å²) in [6, 6.07) is 4.08. The number of hydrogen-bond donors (Lipinski definition) is 3. The van der Waals surface area contributed by atoms with Crippen LogP contribution < -0.4 is 40.2 Å². The summed E-state index contributed by atoms with van der Waals surface area (Å²) in [5.41, 5.74) is 0.383. The van der Waals surface area contributed by atoms with Crippen LogP contribution in [0.4, 0.5) is 11.4 Å². The van der Waals surface area contributed by atoms with Crippen molar-refractivity contribution < 1.29 is 53.5 Å². The molecule has 1 aromatic rings. The third-order valence-electron chi connectivity index (χ3n) is 9.83. The minimum absolute atomic E-state index is 0. The monoisotopic (exact) mass is 745 g/mol. The van der Waals surface area contributed by atoms with Crippen molar-refractivity contribution in [2.45, 2.75) is 224 Å². The zero-order valence-electron chi connectivity index (χ0n) is 34.3. The smallest absolute Gasteiger partial charge is 1.00 e. The Morgan fingerprint density at radius 3 is 1.12 bits per heavy atom. The zero-order valence-corrected chi connectivity index (χ0v) is 36.2. The van der Waals surface area contributed by atoms with E-state index in [-0.39, 0.29) is 59.8 Å². The molecule has 0 aliphatic carbocycles. The van der Waals surface area contributed by atoms with Gasteiger partial charge in [0.15, 0.2) is 0 Å². The maximum Gasteiger partial charge on any atom is 1.00 e. The molecule has 1 rings (SSSR count). The number of nitrogens with one attached hydrogen (secondary N) is 2. The minimum atomic E-state index is -4.54. The van der Waals surface area contributed by atoms with Gasteiger partial charge in [-0.2, -0.15) is 8.42 Å². The van der Waals surface area contributed by atoms with Crippen LogP contribution in [0.1, 0.15) is 221 Å². The van der Waals surface area contributed by atoms with Crippen LogP contribution in [0.2, 0.25) is 0 Å². The van der Waals surface area contributed by atoms with E-state index in [4.69, 9.17) is 0 Å². The van der Waals surface area contributed by atoms with Crippen molar-refractivity contribution >= 4 is 33.3 Å². The molecule has 0 atom stereocenters. The number of benzene rings is 1. The fraction of sp³-hybridized carbons (Fsp3) is 0.810. The van der Waals surface area contributed by atoms with E-state index in [9.17, 15) is 22.6 Å². The van der Waals surface area contributed by atoms with E-state index in [2.05, 4.69) is 24.5 Å². The Hall–Kier alpha value is -0.930. The van der Waals surface area contributed by atoms with Crippen molar-refractivity contribution in [3.05, 3.63) is 18.2 Å². The summed E-state index contributed by atoms with van der Waals surface area (Å²) in [5, 5.41) is 5.47. The summed E-state index contributed by atoms with van der Waals surface area (Å²) in [6.07, 6.45) is 38.3. The maximum atomic E-state index is 12.7. The molecular weight excluding hydrogens is 668 g/mol. The van der Waals surface area contributed by atoms with Gasteiger partial charge in [0, 0.05) is 18.5 Å². The van der Waals surface area contributed by atoms with Gasteiger partial charge < -0.3 is 12.1 Å². The average Bonchev–Trinajstić information content (AvgIpc) is 3.07. The Labute approximate surface area is 338 Å². The van der Waals surface area contributed by atoms with E-state index in [0.717, 1.165) is 38.5 Å². The molecule has 0 radical (unpaired) electrons. The Balaban J connectivity index is 0. The van der Waals surface area contributed by atoms with Crippen molar-refractivity contribution in [2.24, 2.45) is 0 Å². The van der Waals surface area contributed by atoms with Crippen LogP contribution in [0, 0.1) is 0 Å². The molecule has 51 heavy (non-hydrogen) atoms. The van der Waals surface area contributed by atoms with Gasteiger partial charge in [0.1, 0.15) is 4.90 Å². The van der Waals surface area contributed by atoms with E-state index in [1.165, 1.54) is 172 Å². The normalized spacial score (nSPS) is 11.4. The van der Waals surface area contributed by atoms with Crippen LogP contribution in [-0.2, 0) is 19.7 Å². The van der Waals surface area contributed by atoms with Gasteiger partial charge in [-0.3, -0.25) is 14.1 Å². The third-order valence-corrected chi connectivity index (χ3v) is 10.7. The predicted octanol–water partition coefficient (Wildman–Crippen LogP) is 10.4. The number of anilines is 2. The molecule has 0 aromatic heterocycles. The Kier molecular flexibility index (Phi) is 34.2. The molecule has 292 valence electrons. The summed E-state index contributed by atoms with van der Waals surface area (Å²) in [5.74, 6) is -0.444. The number of hydrogen-bond acceptors (Lipinski definition) is 4. The molecule has 0 spiro atoms. The van der Waals surface area contributed by atoms with Crippen molar-refractivity contribution in [1.82, 2.24) is 0 Å². The van der Waals surface area contributed by atoms with Crippen molar-refractivity contribution in [1.29, 1.82) is 0 Å². The first kappa shape index (κ1) is 50.1. The second-order valence-electron chi connectivity index (χ2n) is 14.7. The van der Waals surface area contributed by atoms with Gasteiger partial charge in [0.25, 0.3) is 10.1 Å². The number of carbonyl (C=O) groups is 2. The molecule has 3 N–H and O–H groups in total. The summed E-state index contributed by atoms with van der Waals surface area (Å²) >= 11 is 0. The topological polar surface area (TPSA) is 113 Å². The van der Waals surface area contributed by atoms with Gasteiger partial charge in [-0.25, -0.2) is 0 Å². The number of carbonyl (C=O) groups excluding carboxylic acids is 2. The average molecular weight is 745 g/mol. The molecule has 9 heteroatoms. The number of amides is 2. The molecule has 0 saturated carbocycles. The molecule has 0 unspecified atom stereocenters. The van der Waals surface area contributed by atoms with Crippen LogP contribution in [-0.4, -0.2) is 24.8 Å². The van der Waals surface area contributed by atoms with Crippen LogP contribution in [0.15, 0.2) is 23.1 Å². The SMILES string of the molecule is CCCCCCCCCCCCCCCCCC(=O)Nc1ccc(S(=O)(=O)O)c(NC(=O)CCCCCCCCCCCCCCCCC)c1.[H-].[Na+]. The van der Waals surface area contributed by atoms with Crippen LogP contribution in [0.25, 0.3) is 0 Å². The van der Waals surface area contributed by atoms with Gasteiger partial charge in [-0.15, -0.1) is 0 Å². The van der Waals surface area contributed by atoms with Gasteiger partial charge in [0.2, 0.25) is 11.8 Å². The number of unbranched alkanes of at least 4 members (excludes halogenated alkanes) is 28. The van der Waals surface area contributed by atoms with Gasteiger partial charge in [-0.1, -0.05) is 194 Å². The molecule has 1 aromatic carbocycles. The van der Waals surface area contributed by atoms with Crippen molar-refractivity contribution in [2.75, 3.05) is 10.6 Å². The Morgan fingerprint density at radius 2 is 0.804 bits per heavy atom. The largest absolute Gasteiger partial charge is 1.00 e. The summed E-state index contributed by atoms with van der Waals surface area (Å²) < 4.78 is 33.6. The number of rotatable bonds is 35. The summed E-state index contributed by atoms with van der Waals surface area (Å²) in [6.45, 7) is 4.52. The molecule has 0 heterocycles. The molecule has 2 amide bonds. The van der Waals surface area contributed by atoms with E-state index >= 15 is 0 Å². The fourth-order valence-electron chi connectivity index (χ4n) is 6.68. The quantitative estimate of drug-likeness (QED) is 0.0364. The first-order valence-electron chi connectivity index (χ1n) is 21.0. The van der Waals surface area contributed by atoms with E-state index < -0.39 is 10.1 Å². The van der Waals surface area contributed by atoms with Gasteiger partial charge in [0.05, 0.1) is 5.69 Å². The molecular formula is C42H77N2NaO5S. The second-order valence-corrected chi connectivity index (χ2v) is 16.1. The fourth-order valence-corrected chi connectivity index (χ4v) is 7.31. The molecule has 0 saturated heterocycles. The zero-order chi connectivity index (χ0) is 36.5. The molecule has 0 fully saturated rings. The first-order chi connectivity index (χ1) is 24.3. The minimum Gasteiger partial charge on any atom is -1.00 e. The Morgan fingerprint density at radius 1 is 0.510 bits per heavy atom.